The highest BCUT2D eigenvalue weighted by Gasteiger charge is 2.20. The van der Waals surface area contributed by atoms with Crippen LogP contribution in [0.1, 0.15) is 5.56 Å². The molecule has 1 aromatic rings. The van der Waals surface area contributed by atoms with Crippen LogP contribution in [0.25, 0.3) is 6.08 Å². The van der Waals surface area contributed by atoms with Crippen LogP contribution in [0.2, 0.25) is 0 Å². The third-order valence-corrected chi connectivity index (χ3v) is 3.25. The van der Waals surface area contributed by atoms with Gasteiger partial charge in [-0.2, -0.15) is 0 Å². The SMILES string of the molecule is C[S+](C)CC(=O)C1=Cc2ccccc2OC1. The van der Waals surface area contributed by atoms with Gasteiger partial charge < -0.3 is 4.74 Å². The van der Waals surface area contributed by atoms with Gasteiger partial charge in [-0.3, -0.25) is 4.79 Å². The summed E-state index contributed by atoms with van der Waals surface area (Å²) in [5.41, 5.74) is 1.80. The molecule has 0 spiro atoms. The van der Waals surface area contributed by atoms with Crippen molar-refractivity contribution in [2.45, 2.75) is 0 Å². The van der Waals surface area contributed by atoms with Gasteiger partial charge in [0.1, 0.15) is 12.4 Å². The summed E-state index contributed by atoms with van der Waals surface area (Å²) in [4.78, 5) is 11.9. The van der Waals surface area contributed by atoms with Gasteiger partial charge in [0.15, 0.2) is 5.75 Å². The van der Waals surface area contributed by atoms with Crippen LogP contribution in [0.5, 0.6) is 5.75 Å². The Hall–Kier alpha value is -1.22. The van der Waals surface area contributed by atoms with Crippen molar-refractivity contribution in [3.63, 3.8) is 0 Å². The second-order valence-corrected chi connectivity index (χ2v) is 6.31. The lowest BCUT2D eigenvalue weighted by atomic mass is 10.1. The Bertz CT molecular complexity index is 435. The molecule has 0 N–H and O–H groups in total. The molecule has 0 fully saturated rings. The minimum absolute atomic E-state index is 0.149. The number of Topliss-reactive ketones (excluding diaryl/α,β-unsaturated/α-hetero) is 1. The number of fused-ring (bicyclic) bond motifs is 1. The third-order valence-electron chi connectivity index (χ3n) is 2.41. The van der Waals surface area contributed by atoms with Gasteiger partial charge in [-0.05, 0) is 23.0 Å². The Morgan fingerprint density at radius 1 is 1.38 bits per heavy atom. The Morgan fingerprint density at radius 2 is 2.12 bits per heavy atom. The maximum atomic E-state index is 11.9. The molecule has 3 heteroatoms. The highest BCUT2D eigenvalue weighted by atomic mass is 32.2. The minimum Gasteiger partial charge on any atom is -0.488 e. The van der Waals surface area contributed by atoms with Gasteiger partial charge in [0.2, 0.25) is 5.78 Å². The van der Waals surface area contributed by atoms with Crippen molar-refractivity contribution in [3.8, 4) is 5.75 Å². The molecule has 0 saturated heterocycles. The van der Waals surface area contributed by atoms with E-state index in [1.807, 2.05) is 30.3 Å². The zero-order chi connectivity index (χ0) is 11.5. The van der Waals surface area contributed by atoms with Gasteiger partial charge >= 0.3 is 0 Å². The third kappa shape index (κ3) is 2.47. The number of hydrogen-bond acceptors (Lipinski definition) is 2. The minimum atomic E-state index is 0.149. The molecule has 2 rings (SSSR count). The Morgan fingerprint density at radius 3 is 2.88 bits per heavy atom. The number of carbonyl (C=O) groups is 1. The molecule has 1 aliphatic rings. The van der Waals surface area contributed by atoms with E-state index in [-0.39, 0.29) is 16.7 Å². The predicted octanol–water partition coefficient (Wildman–Crippen LogP) is 1.91. The van der Waals surface area contributed by atoms with E-state index in [4.69, 9.17) is 4.74 Å². The van der Waals surface area contributed by atoms with Crippen molar-refractivity contribution in [3.05, 3.63) is 35.4 Å². The van der Waals surface area contributed by atoms with E-state index in [9.17, 15) is 4.79 Å². The van der Waals surface area contributed by atoms with Crippen LogP contribution in [-0.2, 0) is 15.7 Å². The van der Waals surface area contributed by atoms with E-state index < -0.39 is 0 Å². The molecule has 1 heterocycles. The van der Waals surface area contributed by atoms with Gasteiger partial charge in [0, 0.05) is 11.1 Å². The average Bonchev–Trinajstić information content (AvgIpc) is 2.27. The molecule has 0 unspecified atom stereocenters. The van der Waals surface area contributed by atoms with Gasteiger partial charge in [-0.1, -0.05) is 18.2 Å². The molecule has 84 valence electrons. The normalized spacial score (nSPS) is 14.1. The molecule has 0 saturated carbocycles. The summed E-state index contributed by atoms with van der Waals surface area (Å²) >= 11 is 0. The molecule has 0 aliphatic carbocycles. The smallest absolute Gasteiger partial charge is 0.211 e. The number of carbonyl (C=O) groups excluding carboxylic acids is 1. The molecule has 0 radical (unpaired) electrons. The molecule has 1 aromatic carbocycles. The zero-order valence-electron chi connectivity index (χ0n) is 9.53. The number of para-hydroxylation sites is 1. The van der Waals surface area contributed by atoms with Crippen LogP contribution in [0.4, 0.5) is 0 Å². The topological polar surface area (TPSA) is 26.3 Å². The molecule has 0 atom stereocenters. The second-order valence-electron chi connectivity index (χ2n) is 4.05. The van der Waals surface area contributed by atoms with Crippen molar-refractivity contribution < 1.29 is 9.53 Å². The summed E-state index contributed by atoms with van der Waals surface area (Å²) in [6.07, 6.45) is 6.11. The molecular weight excluding hydrogens is 220 g/mol. The first-order chi connectivity index (χ1) is 7.66. The summed E-state index contributed by atoms with van der Waals surface area (Å²) in [6.45, 7) is 0.410. The van der Waals surface area contributed by atoms with Crippen LogP contribution >= 0.6 is 0 Å². The summed E-state index contributed by atoms with van der Waals surface area (Å²) in [5.74, 6) is 1.70. The van der Waals surface area contributed by atoms with Crippen molar-refractivity contribution in [1.29, 1.82) is 0 Å². The van der Waals surface area contributed by atoms with Gasteiger partial charge in [-0.25, -0.2) is 0 Å². The van der Waals surface area contributed by atoms with E-state index >= 15 is 0 Å². The highest BCUT2D eigenvalue weighted by molar-refractivity contribution is 7.96. The zero-order valence-corrected chi connectivity index (χ0v) is 10.3. The fourth-order valence-electron chi connectivity index (χ4n) is 1.63. The van der Waals surface area contributed by atoms with Crippen LogP contribution in [-0.4, -0.2) is 30.7 Å². The first-order valence-electron chi connectivity index (χ1n) is 5.16. The maximum Gasteiger partial charge on any atom is 0.211 e. The quantitative estimate of drug-likeness (QED) is 0.748. The number of ether oxygens (including phenoxy) is 1. The van der Waals surface area contributed by atoms with E-state index in [0.717, 1.165) is 16.9 Å². The first kappa shape index (κ1) is 11.3. The van der Waals surface area contributed by atoms with Crippen molar-refractivity contribution in [2.75, 3.05) is 24.9 Å². The van der Waals surface area contributed by atoms with Crippen LogP contribution < -0.4 is 4.74 Å². The lowest BCUT2D eigenvalue weighted by Crippen LogP contribution is -2.21. The van der Waals surface area contributed by atoms with Crippen molar-refractivity contribution >= 4 is 22.8 Å². The highest BCUT2D eigenvalue weighted by Crippen LogP contribution is 2.25. The van der Waals surface area contributed by atoms with E-state index in [2.05, 4.69) is 12.5 Å². The standard InChI is InChI=1S/C13H15O2S/c1-16(2)9-12(14)11-7-10-5-3-4-6-13(10)15-8-11/h3-7H,8-9H2,1-2H3/q+1. The van der Waals surface area contributed by atoms with Crippen molar-refractivity contribution in [2.24, 2.45) is 0 Å². The van der Waals surface area contributed by atoms with E-state index in [0.29, 0.717) is 12.4 Å². The second kappa shape index (κ2) is 4.74. The number of hydrogen-bond donors (Lipinski definition) is 0. The average molecular weight is 235 g/mol. The number of ketones is 1. The lowest BCUT2D eigenvalue weighted by Gasteiger charge is -2.16. The lowest BCUT2D eigenvalue weighted by molar-refractivity contribution is -0.113. The molecule has 2 nitrogen and oxygen atoms in total. The Kier molecular flexibility index (Phi) is 3.34. The summed E-state index contributed by atoms with van der Waals surface area (Å²) < 4.78 is 5.55. The van der Waals surface area contributed by atoms with Crippen LogP contribution in [0.3, 0.4) is 0 Å². The Balaban J connectivity index is 2.21. The summed E-state index contributed by atoms with van der Waals surface area (Å²) in [5, 5.41) is 0. The molecule has 0 aromatic heterocycles. The molecule has 0 bridgehead atoms. The molecule has 0 amide bonds. The van der Waals surface area contributed by atoms with Crippen molar-refractivity contribution in [1.82, 2.24) is 0 Å². The van der Waals surface area contributed by atoms with E-state index in [1.165, 1.54) is 0 Å². The molecular formula is C13H15O2S+. The number of benzene rings is 1. The fraction of sp³-hybridized carbons (Fsp3) is 0.308. The Labute approximate surface area is 98.7 Å². The number of rotatable bonds is 3. The van der Waals surface area contributed by atoms with Gasteiger partial charge in [0.25, 0.3) is 0 Å². The monoisotopic (exact) mass is 235 g/mol. The largest absolute Gasteiger partial charge is 0.488 e. The molecule has 1 aliphatic heterocycles. The predicted molar refractivity (Wildman–Crippen MR) is 69.0 cm³/mol. The summed E-state index contributed by atoms with van der Waals surface area (Å²) in [7, 11) is 0.149. The van der Waals surface area contributed by atoms with Gasteiger partial charge in [-0.15, -0.1) is 0 Å². The summed E-state index contributed by atoms with van der Waals surface area (Å²) in [6, 6.07) is 7.79. The molecule has 16 heavy (non-hydrogen) atoms. The van der Waals surface area contributed by atoms with Crippen LogP contribution in [0.15, 0.2) is 29.8 Å². The van der Waals surface area contributed by atoms with E-state index in [1.54, 1.807) is 0 Å². The fourth-order valence-corrected chi connectivity index (χ4v) is 2.34. The first-order valence-corrected chi connectivity index (χ1v) is 7.37. The van der Waals surface area contributed by atoms with Crippen LogP contribution in [0, 0.1) is 0 Å². The van der Waals surface area contributed by atoms with Gasteiger partial charge in [0.05, 0.1) is 12.5 Å². The maximum absolute atomic E-state index is 11.9.